The maximum Gasteiger partial charge on any atom is 0.303 e. The van der Waals surface area contributed by atoms with Crippen molar-refractivity contribution in [2.75, 3.05) is 5.88 Å². The molecule has 1 aliphatic carbocycles. The lowest BCUT2D eigenvalue weighted by Gasteiger charge is -2.38. The summed E-state index contributed by atoms with van der Waals surface area (Å²) in [5.41, 5.74) is 0.606. The topological polar surface area (TPSA) is 46.5 Å². The second-order valence-corrected chi connectivity index (χ2v) is 6.35. The summed E-state index contributed by atoms with van der Waals surface area (Å²) in [6.45, 7) is 5.50. The van der Waals surface area contributed by atoms with Crippen LogP contribution in [0.3, 0.4) is 0 Å². The molecule has 0 heterocycles. The summed E-state index contributed by atoms with van der Waals surface area (Å²) in [6, 6.07) is 0. The molecule has 98 valence electrons. The van der Waals surface area contributed by atoms with E-state index >= 15 is 0 Å². The molecule has 0 fully saturated rings. The molecule has 0 saturated carbocycles. The van der Waals surface area contributed by atoms with Crippen LogP contribution in [-0.2, 0) is 9.53 Å². The van der Waals surface area contributed by atoms with Crippen LogP contribution in [0.2, 0.25) is 0 Å². The molecule has 3 nitrogen and oxygen atoms in total. The molecule has 0 unspecified atom stereocenters. The number of alkyl halides is 2. The smallest absolute Gasteiger partial charge is 0.303 e. The highest BCUT2D eigenvalue weighted by atomic mass is 79.9. The van der Waals surface area contributed by atoms with E-state index in [-0.39, 0.29) is 22.1 Å². The van der Waals surface area contributed by atoms with Gasteiger partial charge in [0.1, 0.15) is 6.10 Å². The van der Waals surface area contributed by atoms with Gasteiger partial charge in [0.15, 0.2) is 0 Å². The molecule has 5 heteroatoms. The highest BCUT2D eigenvalue weighted by Crippen LogP contribution is 2.40. The second-order valence-electron chi connectivity index (χ2n) is 4.94. The molecular formula is C12H18BrClO3. The van der Waals surface area contributed by atoms with Gasteiger partial charge in [-0.25, -0.2) is 0 Å². The summed E-state index contributed by atoms with van der Waals surface area (Å²) < 4.78 is 5.23. The van der Waals surface area contributed by atoms with E-state index in [1.807, 2.05) is 6.08 Å². The van der Waals surface area contributed by atoms with Gasteiger partial charge in [0.05, 0.1) is 12.0 Å². The van der Waals surface area contributed by atoms with Gasteiger partial charge < -0.3 is 9.84 Å². The molecular weight excluding hydrogens is 307 g/mol. The van der Waals surface area contributed by atoms with Gasteiger partial charge in [0.2, 0.25) is 0 Å². The molecule has 1 N–H and O–H groups in total. The van der Waals surface area contributed by atoms with Crippen LogP contribution < -0.4 is 0 Å². The van der Waals surface area contributed by atoms with Gasteiger partial charge >= 0.3 is 5.97 Å². The normalized spacial score (nSPS) is 29.4. The SMILES string of the molecule is CC(=O)O[C@H]1C[C@@H](Br)C(C)(C)C=C1[C@@H](O)CCl. The van der Waals surface area contributed by atoms with Crippen molar-refractivity contribution in [2.24, 2.45) is 5.41 Å². The number of aliphatic hydroxyl groups is 1. The summed E-state index contributed by atoms with van der Waals surface area (Å²) in [7, 11) is 0. The lowest BCUT2D eigenvalue weighted by molar-refractivity contribution is -0.145. The molecule has 0 aromatic rings. The predicted octanol–water partition coefficient (Wildman–Crippen LogP) is 2.64. The van der Waals surface area contributed by atoms with Crippen molar-refractivity contribution >= 4 is 33.5 Å². The third kappa shape index (κ3) is 3.70. The van der Waals surface area contributed by atoms with Gasteiger partial charge in [-0.15, -0.1) is 11.6 Å². The van der Waals surface area contributed by atoms with E-state index in [0.29, 0.717) is 12.0 Å². The average molecular weight is 326 g/mol. The van der Waals surface area contributed by atoms with Crippen molar-refractivity contribution in [3.8, 4) is 0 Å². The zero-order valence-corrected chi connectivity index (χ0v) is 12.6. The van der Waals surface area contributed by atoms with Gasteiger partial charge in [0.25, 0.3) is 0 Å². The monoisotopic (exact) mass is 324 g/mol. The van der Waals surface area contributed by atoms with E-state index in [4.69, 9.17) is 16.3 Å². The third-order valence-corrected chi connectivity index (χ3v) is 4.82. The number of rotatable bonds is 3. The van der Waals surface area contributed by atoms with Crippen LogP contribution >= 0.6 is 27.5 Å². The first-order chi connectivity index (χ1) is 7.77. The van der Waals surface area contributed by atoms with Gasteiger partial charge in [-0.1, -0.05) is 35.9 Å². The van der Waals surface area contributed by atoms with Crippen molar-refractivity contribution in [2.45, 2.75) is 44.2 Å². The Hall–Kier alpha value is -0.0600. The van der Waals surface area contributed by atoms with Crippen molar-refractivity contribution < 1.29 is 14.6 Å². The lowest BCUT2D eigenvalue weighted by atomic mass is 9.77. The number of allylic oxidation sites excluding steroid dienone is 1. The molecule has 0 spiro atoms. The van der Waals surface area contributed by atoms with E-state index < -0.39 is 12.2 Å². The summed E-state index contributed by atoms with van der Waals surface area (Å²) in [5.74, 6) is -0.241. The summed E-state index contributed by atoms with van der Waals surface area (Å²) in [6.07, 6.45) is 1.45. The number of hydrogen-bond donors (Lipinski definition) is 1. The van der Waals surface area contributed by atoms with Gasteiger partial charge in [-0.2, -0.15) is 0 Å². The molecule has 0 amide bonds. The minimum absolute atomic E-state index is 0.0982. The first-order valence-corrected chi connectivity index (χ1v) is 7.01. The third-order valence-electron chi connectivity index (χ3n) is 2.98. The average Bonchev–Trinajstić information content (AvgIpc) is 2.21. The van der Waals surface area contributed by atoms with Crippen molar-refractivity contribution in [1.82, 2.24) is 0 Å². The fourth-order valence-corrected chi connectivity index (χ4v) is 2.61. The number of hydrogen-bond acceptors (Lipinski definition) is 3. The van der Waals surface area contributed by atoms with Crippen molar-refractivity contribution in [1.29, 1.82) is 0 Å². The minimum Gasteiger partial charge on any atom is -0.458 e. The number of esters is 1. The Morgan fingerprint density at radius 3 is 2.82 bits per heavy atom. The van der Waals surface area contributed by atoms with Crippen LogP contribution in [0, 0.1) is 5.41 Å². The lowest BCUT2D eigenvalue weighted by Crippen LogP contribution is -2.39. The Labute approximate surface area is 115 Å². The van der Waals surface area contributed by atoms with Crippen LogP contribution in [0.1, 0.15) is 27.2 Å². The summed E-state index contributed by atoms with van der Waals surface area (Å²) in [5, 5.41) is 9.88. The van der Waals surface area contributed by atoms with Crippen molar-refractivity contribution in [3.05, 3.63) is 11.6 Å². The minimum atomic E-state index is -0.764. The maximum absolute atomic E-state index is 11.1. The molecule has 1 rings (SSSR count). The van der Waals surface area contributed by atoms with Gasteiger partial charge in [-0.3, -0.25) is 4.79 Å². The van der Waals surface area contributed by atoms with Crippen LogP contribution in [0.15, 0.2) is 11.6 Å². The quantitative estimate of drug-likeness (QED) is 0.493. The molecule has 0 aromatic heterocycles. The molecule has 0 radical (unpaired) electrons. The highest BCUT2D eigenvalue weighted by Gasteiger charge is 2.38. The molecule has 0 aromatic carbocycles. The molecule has 1 aliphatic rings. The molecule has 0 aliphatic heterocycles. The van der Waals surface area contributed by atoms with Gasteiger partial charge in [-0.05, 0) is 11.0 Å². The Balaban J connectivity index is 3.00. The Bertz CT molecular complexity index is 328. The number of carbonyl (C=O) groups is 1. The number of carbonyl (C=O) groups excluding carboxylic acids is 1. The molecule has 0 saturated heterocycles. The summed E-state index contributed by atoms with van der Waals surface area (Å²) in [4.78, 5) is 11.3. The Kier molecular flexibility index (Phi) is 5.05. The highest BCUT2D eigenvalue weighted by molar-refractivity contribution is 9.09. The zero-order valence-electron chi connectivity index (χ0n) is 10.2. The number of ether oxygens (including phenoxy) is 1. The maximum atomic E-state index is 11.1. The van der Waals surface area contributed by atoms with E-state index in [9.17, 15) is 9.90 Å². The van der Waals surface area contributed by atoms with Crippen molar-refractivity contribution in [3.63, 3.8) is 0 Å². The van der Waals surface area contributed by atoms with Crippen LogP contribution in [-0.4, -0.2) is 34.0 Å². The summed E-state index contributed by atoms with van der Waals surface area (Å²) >= 11 is 9.26. The van der Waals surface area contributed by atoms with E-state index in [2.05, 4.69) is 29.8 Å². The first kappa shape index (κ1) is 15.0. The van der Waals surface area contributed by atoms with Gasteiger partial charge in [0, 0.05) is 18.2 Å². The standard InChI is InChI=1S/C12H18BrClO3/c1-7(15)17-10-4-11(13)12(2,3)5-8(10)9(16)6-14/h5,9-11,16H,4,6H2,1-3H3/t9-,10-,11+/m0/s1. The molecule has 0 bridgehead atoms. The fourth-order valence-electron chi connectivity index (χ4n) is 1.96. The Morgan fingerprint density at radius 1 is 1.76 bits per heavy atom. The first-order valence-electron chi connectivity index (χ1n) is 5.56. The number of halogens is 2. The largest absolute Gasteiger partial charge is 0.458 e. The Morgan fingerprint density at radius 2 is 2.35 bits per heavy atom. The van der Waals surface area contributed by atoms with Crippen LogP contribution in [0.5, 0.6) is 0 Å². The van der Waals surface area contributed by atoms with Crippen LogP contribution in [0.25, 0.3) is 0 Å². The zero-order chi connectivity index (χ0) is 13.2. The van der Waals surface area contributed by atoms with E-state index in [1.54, 1.807) is 0 Å². The second kappa shape index (κ2) is 5.72. The number of aliphatic hydroxyl groups excluding tert-OH is 1. The molecule has 17 heavy (non-hydrogen) atoms. The van der Waals surface area contributed by atoms with E-state index in [0.717, 1.165) is 0 Å². The fraction of sp³-hybridized carbons (Fsp3) is 0.750. The van der Waals surface area contributed by atoms with Crippen LogP contribution in [0.4, 0.5) is 0 Å². The van der Waals surface area contributed by atoms with E-state index in [1.165, 1.54) is 6.92 Å². The molecule has 3 atom stereocenters. The predicted molar refractivity (Wildman–Crippen MR) is 71.5 cm³/mol.